The second-order valence-corrected chi connectivity index (χ2v) is 10.6. The van der Waals surface area contributed by atoms with E-state index in [1.54, 1.807) is 0 Å². The Hall–Kier alpha value is -1.92. The Labute approximate surface area is 233 Å². The fourth-order valence-electron chi connectivity index (χ4n) is 4.34. The normalized spacial score (nSPS) is 12.7. The minimum Gasteiger partial charge on any atom is -0.493 e. The second kappa shape index (κ2) is 17.5. The maximum absolute atomic E-state index is 13.0. The summed E-state index contributed by atoms with van der Waals surface area (Å²) in [6.45, 7) is 5.89. The van der Waals surface area contributed by atoms with Crippen LogP contribution < -0.4 is 10.1 Å². The molecule has 36 heavy (non-hydrogen) atoms. The quantitative estimate of drug-likeness (QED) is 0.203. The number of nitrogens with one attached hydrogen (secondary N) is 1. The molecule has 198 valence electrons. The van der Waals surface area contributed by atoms with Gasteiger partial charge in [0.25, 0.3) is 5.91 Å². The predicted molar refractivity (Wildman–Crippen MR) is 160 cm³/mol. The number of hydrogen-bond donors (Lipinski definition) is 1. The van der Waals surface area contributed by atoms with Crippen molar-refractivity contribution in [1.29, 1.82) is 0 Å². The lowest BCUT2D eigenvalue weighted by Crippen LogP contribution is -2.15. The average Bonchev–Trinajstić information content (AvgIpc) is 3.27. The molecule has 1 N–H and O–H groups in total. The van der Waals surface area contributed by atoms with Gasteiger partial charge in [0, 0.05) is 18.4 Å². The second-order valence-electron chi connectivity index (χ2n) is 9.44. The van der Waals surface area contributed by atoms with Gasteiger partial charge >= 0.3 is 0 Å². The molecule has 0 saturated carbocycles. The van der Waals surface area contributed by atoms with Gasteiger partial charge in [0.05, 0.1) is 18.0 Å². The number of rotatable bonds is 16. The van der Waals surface area contributed by atoms with E-state index in [1.807, 2.05) is 48.2 Å². The Balaban J connectivity index is 0.00000456. The van der Waals surface area contributed by atoms with Crippen molar-refractivity contribution in [3.05, 3.63) is 70.8 Å². The van der Waals surface area contributed by atoms with Gasteiger partial charge in [0.1, 0.15) is 5.75 Å². The van der Waals surface area contributed by atoms with E-state index in [4.69, 9.17) is 4.74 Å². The topological polar surface area (TPSA) is 41.6 Å². The van der Waals surface area contributed by atoms with Crippen LogP contribution in [0.3, 0.4) is 0 Å². The highest BCUT2D eigenvalue weighted by atomic mass is 79.9. The largest absolute Gasteiger partial charge is 0.493 e. The number of hydrogen-bond acceptors (Lipinski definition) is 4. The number of halogens is 1. The summed E-state index contributed by atoms with van der Waals surface area (Å²) in [6, 6.07) is 15.6. The SMILES string of the molecule is Br.CCCCCCCCCCCCOc1ccccc1C(=O)Nc1cccc(CN2C=C(C)SC2)c1. The number of unbranched alkanes of at least 4 members (excludes halogenated alkanes) is 9. The van der Waals surface area contributed by atoms with Gasteiger partial charge in [-0.25, -0.2) is 0 Å². The molecule has 6 heteroatoms. The first-order valence-corrected chi connectivity index (χ1v) is 14.3. The van der Waals surface area contributed by atoms with Gasteiger partial charge in [0.2, 0.25) is 0 Å². The molecule has 0 radical (unpaired) electrons. The molecular weight excluding hydrogens is 532 g/mol. The lowest BCUT2D eigenvalue weighted by atomic mass is 10.1. The van der Waals surface area contributed by atoms with E-state index in [1.165, 1.54) is 68.3 Å². The molecule has 0 spiro atoms. The number of carbonyl (C=O) groups excluding carboxylic acids is 1. The summed E-state index contributed by atoms with van der Waals surface area (Å²) in [6.07, 6.45) is 15.2. The van der Waals surface area contributed by atoms with Crippen molar-refractivity contribution in [3.63, 3.8) is 0 Å². The molecule has 0 aliphatic carbocycles. The maximum Gasteiger partial charge on any atom is 0.259 e. The number of thioether (sulfide) groups is 1. The minimum absolute atomic E-state index is 0. The third-order valence-electron chi connectivity index (χ3n) is 6.28. The van der Waals surface area contributed by atoms with Gasteiger partial charge in [-0.05, 0) is 48.1 Å². The zero-order chi connectivity index (χ0) is 24.7. The van der Waals surface area contributed by atoms with E-state index in [2.05, 4.69) is 42.4 Å². The summed E-state index contributed by atoms with van der Waals surface area (Å²) in [5, 5.41) is 3.06. The Morgan fingerprint density at radius 1 is 0.944 bits per heavy atom. The predicted octanol–water partition coefficient (Wildman–Crippen LogP) is 9.18. The van der Waals surface area contributed by atoms with Gasteiger partial charge in [0.15, 0.2) is 0 Å². The van der Waals surface area contributed by atoms with Gasteiger partial charge in [-0.15, -0.1) is 28.7 Å². The van der Waals surface area contributed by atoms with Crippen molar-refractivity contribution in [1.82, 2.24) is 4.90 Å². The van der Waals surface area contributed by atoms with Crippen LogP contribution in [0, 0.1) is 0 Å². The van der Waals surface area contributed by atoms with E-state index in [9.17, 15) is 4.79 Å². The van der Waals surface area contributed by atoms with Crippen LogP contribution in [0.4, 0.5) is 5.69 Å². The van der Waals surface area contributed by atoms with Crippen molar-refractivity contribution in [2.24, 2.45) is 0 Å². The molecular formula is C30H43BrN2O2S. The standard InChI is InChI=1S/C30H42N2O2S.BrH/c1-3-4-5-6-7-8-9-10-11-14-20-34-29-19-13-12-18-28(29)30(33)31-27-17-15-16-26(21-27)23-32-22-25(2)35-24-32;/h12-13,15-19,21-22H,3-11,14,20,23-24H2,1-2H3,(H,31,33);1H. The molecule has 1 amide bonds. The van der Waals surface area contributed by atoms with Crippen molar-refractivity contribution in [3.8, 4) is 5.75 Å². The van der Waals surface area contributed by atoms with Crippen LogP contribution >= 0.6 is 28.7 Å². The van der Waals surface area contributed by atoms with E-state index < -0.39 is 0 Å². The monoisotopic (exact) mass is 574 g/mol. The van der Waals surface area contributed by atoms with Crippen molar-refractivity contribution < 1.29 is 9.53 Å². The lowest BCUT2D eigenvalue weighted by Gasteiger charge is -2.16. The molecule has 1 aliphatic rings. The highest BCUT2D eigenvalue weighted by molar-refractivity contribution is 8.93. The van der Waals surface area contributed by atoms with Crippen LogP contribution in [0.15, 0.2) is 59.6 Å². The number of benzene rings is 2. The summed E-state index contributed by atoms with van der Waals surface area (Å²) >= 11 is 1.86. The molecule has 0 atom stereocenters. The molecule has 0 unspecified atom stereocenters. The summed E-state index contributed by atoms with van der Waals surface area (Å²) < 4.78 is 6.01. The van der Waals surface area contributed by atoms with Crippen LogP contribution in [0.1, 0.15) is 94.0 Å². The van der Waals surface area contributed by atoms with Gasteiger partial charge in [-0.1, -0.05) is 89.0 Å². The smallest absolute Gasteiger partial charge is 0.259 e. The molecule has 1 heterocycles. The Bertz CT molecular complexity index is 950. The average molecular weight is 576 g/mol. The van der Waals surface area contributed by atoms with Crippen molar-refractivity contribution in [2.75, 3.05) is 17.8 Å². The number of nitrogens with zero attached hydrogens (tertiary/aromatic N) is 1. The first kappa shape index (κ1) is 30.3. The molecule has 0 aromatic heterocycles. The molecule has 0 bridgehead atoms. The van der Waals surface area contributed by atoms with E-state index >= 15 is 0 Å². The van der Waals surface area contributed by atoms with Gasteiger partial charge < -0.3 is 15.0 Å². The summed E-state index contributed by atoms with van der Waals surface area (Å²) in [5.74, 6) is 1.51. The third-order valence-corrected chi connectivity index (χ3v) is 7.30. The van der Waals surface area contributed by atoms with Crippen LogP contribution in [0.25, 0.3) is 0 Å². The lowest BCUT2D eigenvalue weighted by molar-refractivity contribution is 0.102. The number of anilines is 1. The summed E-state index contributed by atoms with van der Waals surface area (Å²) in [7, 11) is 0. The van der Waals surface area contributed by atoms with Crippen LogP contribution in [-0.2, 0) is 6.54 Å². The number of para-hydroxylation sites is 1. The Kier molecular flexibility index (Phi) is 14.7. The molecule has 0 saturated heterocycles. The number of carbonyl (C=O) groups is 1. The molecule has 4 nitrogen and oxygen atoms in total. The zero-order valence-electron chi connectivity index (χ0n) is 22.0. The van der Waals surface area contributed by atoms with E-state index in [0.717, 1.165) is 24.5 Å². The van der Waals surface area contributed by atoms with Crippen LogP contribution in [-0.4, -0.2) is 23.3 Å². The molecule has 0 fully saturated rings. The highest BCUT2D eigenvalue weighted by Gasteiger charge is 2.14. The first-order chi connectivity index (χ1) is 17.2. The third kappa shape index (κ3) is 11.0. The minimum atomic E-state index is -0.131. The number of ether oxygens (including phenoxy) is 1. The molecule has 3 rings (SSSR count). The van der Waals surface area contributed by atoms with Crippen LogP contribution in [0.5, 0.6) is 5.75 Å². The van der Waals surface area contributed by atoms with E-state index in [-0.39, 0.29) is 22.9 Å². The fraction of sp³-hybridized carbons (Fsp3) is 0.500. The zero-order valence-corrected chi connectivity index (χ0v) is 24.5. The van der Waals surface area contributed by atoms with Gasteiger partial charge in [-0.3, -0.25) is 4.79 Å². The Morgan fingerprint density at radius 2 is 1.64 bits per heavy atom. The first-order valence-electron chi connectivity index (χ1n) is 13.3. The van der Waals surface area contributed by atoms with Gasteiger partial charge in [-0.2, -0.15) is 0 Å². The molecule has 1 aliphatic heterocycles. The summed E-state index contributed by atoms with van der Waals surface area (Å²) in [4.78, 5) is 16.6. The van der Waals surface area contributed by atoms with E-state index in [0.29, 0.717) is 17.9 Å². The maximum atomic E-state index is 13.0. The highest BCUT2D eigenvalue weighted by Crippen LogP contribution is 2.26. The summed E-state index contributed by atoms with van der Waals surface area (Å²) in [5.41, 5.74) is 2.57. The fourth-order valence-corrected chi connectivity index (χ4v) is 5.10. The van der Waals surface area contributed by atoms with Crippen molar-refractivity contribution >= 4 is 40.3 Å². The van der Waals surface area contributed by atoms with Crippen molar-refractivity contribution in [2.45, 2.75) is 84.6 Å². The van der Waals surface area contributed by atoms with Crippen LogP contribution in [0.2, 0.25) is 0 Å². The Morgan fingerprint density at radius 3 is 2.33 bits per heavy atom. The molecule has 2 aromatic rings. The number of allylic oxidation sites excluding steroid dienone is 1. The number of amides is 1. The molecule has 2 aromatic carbocycles.